The lowest BCUT2D eigenvalue weighted by atomic mass is 9.88. The maximum Gasteiger partial charge on any atom is 0.249 e. The maximum absolute atomic E-state index is 13.4. The summed E-state index contributed by atoms with van der Waals surface area (Å²) in [6, 6.07) is 4.46. The van der Waals surface area contributed by atoms with Crippen LogP contribution < -0.4 is 11.5 Å². The Hall–Kier alpha value is -1.98. The highest BCUT2D eigenvalue weighted by Crippen LogP contribution is 2.31. The zero-order valence-electron chi connectivity index (χ0n) is 12.8. The summed E-state index contributed by atoms with van der Waals surface area (Å²) in [7, 11) is 0. The zero-order chi connectivity index (χ0) is 17.3. The van der Waals surface area contributed by atoms with E-state index in [1.807, 2.05) is 0 Å². The van der Waals surface area contributed by atoms with E-state index in [1.165, 1.54) is 12.1 Å². The first kappa shape index (κ1) is 17.4. The van der Waals surface area contributed by atoms with Crippen LogP contribution in [0.15, 0.2) is 24.3 Å². The van der Waals surface area contributed by atoms with E-state index in [2.05, 4.69) is 0 Å². The number of rotatable bonds is 4. The molecular weight excluding hydrogens is 322 g/mol. The van der Waals surface area contributed by atoms with E-state index >= 15 is 0 Å². The Labute approximate surface area is 138 Å². The number of benzene rings is 2. The first-order valence-electron chi connectivity index (χ1n) is 7.03. The van der Waals surface area contributed by atoms with Gasteiger partial charge in [0.25, 0.3) is 0 Å². The minimum absolute atomic E-state index is 0.127. The third-order valence-electron chi connectivity index (χ3n) is 3.71. The van der Waals surface area contributed by atoms with Crippen LogP contribution >= 0.6 is 11.6 Å². The molecule has 2 aromatic rings. The summed E-state index contributed by atoms with van der Waals surface area (Å²) in [5.74, 6) is -2.03. The number of amides is 1. The van der Waals surface area contributed by atoms with Gasteiger partial charge >= 0.3 is 0 Å². The molecule has 0 aliphatic heterocycles. The van der Waals surface area contributed by atoms with E-state index in [4.69, 9.17) is 23.1 Å². The van der Waals surface area contributed by atoms with Crippen molar-refractivity contribution in [3.8, 4) is 0 Å². The number of hydrogen-bond acceptors (Lipinski definition) is 2. The van der Waals surface area contributed by atoms with E-state index in [0.717, 1.165) is 6.07 Å². The molecule has 0 aliphatic rings. The van der Waals surface area contributed by atoms with Crippen molar-refractivity contribution in [3.63, 3.8) is 0 Å². The quantitative estimate of drug-likeness (QED) is 0.893. The first-order valence-corrected chi connectivity index (χ1v) is 7.40. The van der Waals surface area contributed by atoms with Crippen molar-refractivity contribution >= 4 is 17.5 Å². The maximum atomic E-state index is 13.4. The number of halogens is 3. The Kier molecular flexibility index (Phi) is 5.02. The normalized spacial score (nSPS) is 12.3. The van der Waals surface area contributed by atoms with Crippen molar-refractivity contribution in [2.75, 3.05) is 0 Å². The van der Waals surface area contributed by atoms with Crippen molar-refractivity contribution < 1.29 is 13.6 Å². The van der Waals surface area contributed by atoms with E-state index < -0.39 is 23.6 Å². The van der Waals surface area contributed by atoms with Crippen LogP contribution in [0.1, 0.15) is 45.6 Å². The molecule has 0 aliphatic carbocycles. The molecule has 0 fully saturated rings. The van der Waals surface area contributed by atoms with Gasteiger partial charge in [-0.2, -0.15) is 0 Å². The second kappa shape index (κ2) is 6.64. The van der Waals surface area contributed by atoms with Gasteiger partial charge in [-0.05, 0) is 60.7 Å². The second-order valence-electron chi connectivity index (χ2n) is 5.53. The van der Waals surface area contributed by atoms with E-state index in [0.29, 0.717) is 27.3 Å². The van der Waals surface area contributed by atoms with Gasteiger partial charge in [0.05, 0.1) is 0 Å². The molecule has 1 unspecified atom stereocenters. The summed E-state index contributed by atoms with van der Waals surface area (Å²) in [4.78, 5) is 11.9. The Morgan fingerprint density at radius 2 is 1.78 bits per heavy atom. The molecule has 2 aromatic carbocycles. The third-order valence-corrected chi connectivity index (χ3v) is 4.10. The van der Waals surface area contributed by atoms with Crippen LogP contribution in [-0.4, -0.2) is 5.91 Å². The number of hydrogen-bond donors (Lipinski definition) is 2. The average molecular weight is 339 g/mol. The van der Waals surface area contributed by atoms with Gasteiger partial charge in [-0.3, -0.25) is 4.79 Å². The molecule has 0 spiro atoms. The van der Waals surface area contributed by atoms with Crippen LogP contribution in [0.25, 0.3) is 0 Å². The summed E-state index contributed by atoms with van der Waals surface area (Å²) in [6.07, 6.45) is 0.127. The first-order chi connectivity index (χ1) is 10.7. The number of primary amides is 1. The molecule has 6 heteroatoms. The van der Waals surface area contributed by atoms with Crippen LogP contribution in [0.5, 0.6) is 0 Å². The van der Waals surface area contributed by atoms with Crippen LogP contribution in [0, 0.1) is 18.6 Å². The molecule has 3 nitrogen and oxygen atoms in total. The predicted octanol–water partition coefficient (Wildman–Crippen LogP) is 3.64. The standard InChI is InChI=1S/C17H17ClF2N2O/c1-8-15(18)7-13(9(2)21)14(16(8)17(22)23)5-10-3-11(19)6-12(20)4-10/h3-4,6-7,9H,5,21H2,1-2H3,(H2,22,23). The minimum Gasteiger partial charge on any atom is -0.366 e. The summed E-state index contributed by atoms with van der Waals surface area (Å²) in [5, 5.41) is 0.375. The second-order valence-corrected chi connectivity index (χ2v) is 5.94. The SMILES string of the molecule is Cc1c(Cl)cc(C(C)N)c(Cc2cc(F)cc(F)c2)c1C(N)=O. The zero-order valence-corrected chi connectivity index (χ0v) is 13.5. The fourth-order valence-electron chi connectivity index (χ4n) is 2.67. The molecule has 0 heterocycles. The Morgan fingerprint density at radius 3 is 2.26 bits per heavy atom. The summed E-state index contributed by atoms with van der Waals surface area (Å²) >= 11 is 6.15. The van der Waals surface area contributed by atoms with Gasteiger partial charge in [-0.25, -0.2) is 8.78 Å². The number of nitrogens with two attached hydrogens (primary N) is 2. The number of carbonyl (C=O) groups is 1. The highest BCUT2D eigenvalue weighted by atomic mass is 35.5. The van der Waals surface area contributed by atoms with Crippen molar-refractivity contribution in [1.82, 2.24) is 0 Å². The van der Waals surface area contributed by atoms with Gasteiger partial charge in [0.2, 0.25) is 5.91 Å². The van der Waals surface area contributed by atoms with Crippen LogP contribution in [-0.2, 0) is 6.42 Å². The highest BCUT2D eigenvalue weighted by molar-refractivity contribution is 6.32. The number of carbonyl (C=O) groups excluding carboxylic acids is 1. The molecule has 1 amide bonds. The molecule has 122 valence electrons. The molecule has 0 bridgehead atoms. The van der Waals surface area contributed by atoms with Crippen LogP contribution in [0.4, 0.5) is 8.78 Å². The van der Waals surface area contributed by atoms with Crippen molar-refractivity contribution in [1.29, 1.82) is 0 Å². The average Bonchev–Trinajstić information content (AvgIpc) is 2.40. The van der Waals surface area contributed by atoms with Gasteiger partial charge in [0.15, 0.2) is 0 Å². The van der Waals surface area contributed by atoms with Gasteiger partial charge in [-0.15, -0.1) is 0 Å². The molecule has 0 aromatic heterocycles. The van der Waals surface area contributed by atoms with Crippen LogP contribution in [0.3, 0.4) is 0 Å². The van der Waals surface area contributed by atoms with Gasteiger partial charge in [0.1, 0.15) is 11.6 Å². The fourth-order valence-corrected chi connectivity index (χ4v) is 2.88. The molecule has 0 saturated carbocycles. The summed E-state index contributed by atoms with van der Waals surface area (Å²) < 4.78 is 26.8. The third kappa shape index (κ3) is 3.68. The molecule has 0 saturated heterocycles. The highest BCUT2D eigenvalue weighted by Gasteiger charge is 2.21. The molecule has 1 atom stereocenters. The molecule has 0 radical (unpaired) electrons. The smallest absolute Gasteiger partial charge is 0.249 e. The van der Waals surface area contributed by atoms with Gasteiger partial charge in [-0.1, -0.05) is 11.6 Å². The lowest BCUT2D eigenvalue weighted by molar-refractivity contribution is 0.0999. The predicted molar refractivity (Wildman–Crippen MR) is 86.5 cm³/mol. The van der Waals surface area contributed by atoms with Crippen molar-refractivity contribution in [2.24, 2.45) is 11.5 Å². The van der Waals surface area contributed by atoms with Gasteiger partial charge < -0.3 is 11.5 Å². The Bertz CT molecular complexity index is 755. The van der Waals surface area contributed by atoms with E-state index in [9.17, 15) is 13.6 Å². The largest absolute Gasteiger partial charge is 0.366 e. The Morgan fingerprint density at radius 1 is 1.22 bits per heavy atom. The summed E-state index contributed by atoms with van der Waals surface area (Å²) in [5.41, 5.74) is 13.8. The lowest BCUT2D eigenvalue weighted by Crippen LogP contribution is -2.20. The summed E-state index contributed by atoms with van der Waals surface area (Å²) in [6.45, 7) is 3.41. The topological polar surface area (TPSA) is 69.1 Å². The molecule has 4 N–H and O–H groups in total. The van der Waals surface area contributed by atoms with Crippen LogP contribution in [0.2, 0.25) is 5.02 Å². The van der Waals surface area contributed by atoms with Gasteiger partial charge in [0, 0.05) is 22.7 Å². The molecular formula is C17H17ClF2N2O. The van der Waals surface area contributed by atoms with E-state index in [1.54, 1.807) is 19.9 Å². The van der Waals surface area contributed by atoms with E-state index in [-0.39, 0.29) is 12.0 Å². The fraction of sp³-hybridized carbons (Fsp3) is 0.235. The lowest BCUT2D eigenvalue weighted by Gasteiger charge is -2.19. The Balaban J connectivity index is 2.68. The monoisotopic (exact) mass is 338 g/mol. The molecule has 2 rings (SSSR count). The minimum atomic E-state index is -0.686. The van der Waals surface area contributed by atoms with Crippen molar-refractivity contribution in [3.05, 3.63) is 68.7 Å². The molecule has 23 heavy (non-hydrogen) atoms. The van der Waals surface area contributed by atoms with Crippen molar-refractivity contribution in [2.45, 2.75) is 26.3 Å².